The van der Waals surface area contributed by atoms with Crippen LogP contribution in [0.3, 0.4) is 0 Å². The third kappa shape index (κ3) is 5.47. The van der Waals surface area contributed by atoms with Crippen molar-refractivity contribution < 1.29 is 0 Å². The lowest BCUT2D eigenvalue weighted by Gasteiger charge is -2.01. The molecule has 0 saturated heterocycles. The second-order valence-electron chi connectivity index (χ2n) is 4.28. The Bertz CT molecular complexity index is 631. The first kappa shape index (κ1) is 18.4. The minimum atomic E-state index is 0. The minimum Gasteiger partial charge on any atom is -0.384 e. The quantitative estimate of drug-likeness (QED) is 0.734. The molecule has 2 aromatic rings. The molecule has 6 N–H and O–H groups in total. The fourth-order valence-corrected chi connectivity index (χ4v) is 1.51. The summed E-state index contributed by atoms with van der Waals surface area (Å²) in [6.07, 6.45) is 3.19. The molecule has 0 radical (unpaired) electrons. The summed E-state index contributed by atoms with van der Waals surface area (Å²) >= 11 is 0. The van der Waals surface area contributed by atoms with Crippen LogP contribution in [0.4, 0.5) is 11.6 Å². The van der Waals surface area contributed by atoms with E-state index in [2.05, 4.69) is 9.97 Å². The van der Waals surface area contributed by atoms with Crippen LogP contribution in [-0.4, -0.2) is 9.97 Å². The first-order chi connectivity index (χ1) is 9.47. The molecule has 2 heterocycles. The minimum absolute atomic E-state index is 0. The Kier molecular flexibility index (Phi) is 7.43. The lowest BCUT2D eigenvalue weighted by Crippen LogP contribution is -2.01. The van der Waals surface area contributed by atoms with Gasteiger partial charge < -0.3 is 17.2 Å². The van der Waals surface area contributed by atoms with Gasteiger partial charge in [0.15, 0.2) is 0 Å². The van der Waals surface area contributed by atoms with Crippen molar-refractivity contribution in [3.63, 3.8) is 0 Å². The number of pyridine rings is 2. The molecule has 0 aliphatic rings. The molecule has 0 amide bonds. The largest absolute Gasteiger partial charge is 0.384 e. The number of hydrogen-bond donors (Lipinski definition) is 3. The van der Waals surface area contributed by atoms with Gasteiger partial charge in [0.25, 0.3) is 0 Å². The smallest absolute Gasteiger partial charge is 0.123 e. The number of rotatable bonds is 1. The molecule has 2 aromatic heterocycles. The molecule has 0 bridgehead atoms. The predicted molar refractivity (Wildman–Crippen MR) is 86.1 cm³/mol. The fraction of sp³-hybridized carbons (Fsp3) is 0.267. The standard InChI is InChI=1S/C7H11N3.C7H7N3.CH4/c2*1-5-2-7(9)10-4-6(5)3-8;/h2,4H,3,8H2,1H3,(H2,9,10);2,4H,1H3,(H2,9,10);1H4. The van der Waals surface area contributed by atoms with E-state index in [9.17, 15) is 0 Å². The number of aryl methyl sites for hydroxylation is 2. The number of aromatic nitrogens is 2. The Morgan fingerprint density at radius 1 is 1.05 bits per heavy atom. The summed E-state index contributed by atoms with van der Waals surface area (Å²) in [5.74, 6) is 1.01. The molecule has 2 rings (SSSR count). The van der Waals surface area contributed by atoms with Gasteiger partial charge >= 0.3 is 0 Å². The highest BCUT2D eigenvalue weighted by molar-refractivity contribution is 5.41. The van der Waals surface area contributed by atoms with Gasteiger partial charge in [-0.05, 0) is 42.7 Å². The highest BCUT2D eigenvalue weighted by Crippen LogP contribution is 2.07. The van der Waals surface area contributed by atoms with Crippen LogP contribution in [0.5, 0.6) is 0 Å². The van der Waals surface area contributed by atoms with Crippen molar-refractivity contribution in [1.82, 2.24) is 9.97 Å². The van der Waals surface area contributed by atoms with E-state index < -0.39 is 0 Å². The Labute approximate surface area is 125 Å². The van der Waals surface area contributed by atoms with Gasteiger partial charge in [-0.3, -0.25) is 0 Å². The third-order valence-corrected chi connectivity index (χ3v) is 2.71. The number of nitriles is 1. The van der Waals surface area contributed by atoms with Crippen molar-refractivity contribution in [2.45, 2.75) is 27.8 Å². The lowest BCUT2D eigenvalue weighted by molar-refractivity contribution is 1.03. The molecule has 21 heavy (non-hydrogen) atoms. The van der Waals surface area contributed by atoms with Crippen LogP contribution < -0.4 is 17.2 Å². The van der Waals surface area contributed by atoms with Gasteiger partial charge in [0.2, 0.25) is 0 Å². The van der Waals surface area contributed by atoms with Gasteiger partial charge in [0.1, 0.15) is 17.7 Å². The molecule has 0 unspecified atom stereocenters. The number of hydrogen-bond acceptors (Lipinski definition) is 6. The topological polar surface area (TPSA) is 128 Å². The zero-order chi connectivity index (χ0) is 15.1. The monoisotopic (exact) mass is 286 g/mol. The van der Waals surface area contributed by atoms with E-state index in [4.69, 9.17) is 22.5 Å². The molecule has 0 aromatic carbocycles. The fourth-order valence-electron chi connectivity index (χ4n) is 1.51. The van der Waals surface area contributed by atoms with Crippen LogP contribution in [-0.2, 0) is 6.54 Å². The van der Waals surface area contributed by atoms with Crippen LogP contribution in [0.1, 0.15) is 29.7 Å². The highest BCUT2D eigenvalue weighted by atomic mass is 14.8. The van der Waals surface area contributed by atoms with Gasteiger partial charge in [-0.1, -0.05) is 7.43 Å². The van der Waals surface area contributed by atoms with Gasteiger partial charge in [-0.15, -0.1) is 0 Å². The number of nitrogens with two attached hydrogens (primary N) is 3. The van der Waals surface area contributed by atoms with Crippen LogP contribution in [0, 0.1) is 25.2 Å². The Hall–Kier alpha value is -2.65. The van der Waals surface area contributed by atoms with Gasteiger partial charge in [-0.2, -0.15) is 5.26 Å². The molecular formula is C15H22N6. The first-order valence-electron chi connectivity index (χ1n) is 6.01. The first-order valence-corrected chi connectivity index (χ1v) is 6.01. The maximum Gasteiger partial charge on any atom is 0.123 e. The number of nitrogen functional groups attached to an aromatic ring is 2. The van der Waals surface area contributed by atoms with Crippen molar-refractivity contribution in [2.75, 3.05) is 11.5 Å². The van der Waals surface area contributed by atoms with E-state index in [0.717, 1.165) is 16.7 Å². The SMILES string of the molecule is C.Cc1cc(N)ncc1C#N.Cc1cc(N)ncc1CN. The van der Waals surface area contributed by atoms with E-state index in [1.165, 1.54) is 6.20 Å². The molecule has 6 heteroatoms. The summed E-state index contributed by atoms with van der Waals surface area (Å²) in [6.45, 7) is 4.33. The van der Waals surface area contributed by atoms with E-state index in [-0.39, 0.29) is 7.43 Å². The summed E-state index contributed by atoms with van der Waals surface area (Å²) in [5, 5.41) is 8.48. The number of nitrogens with zero attached hydrogens (tertiary/aromatic N) is 3. The van der Waals surface area contributed by atoms with Gasteiger partial charge in [0, 0.05) is 18.9 Å². The average molecular weight is 286 g/mol. The van der Waals surface area contributed by atoms with Crippen LogP contribution in [0.25, 0.3) is 0 Å². The number of anilines is 2. The maximum atomic E-state index is 8.48. The van der Waals surface area contributed by atoms with E-state index in [1.54, 1.807) is 12.3 Å². The molecule has 0 saturated carbocycles. The third-order valence-electron chi connectivity index (χ3n) is 2.71. The van der Waals surface area contributed by atoms with Crippen LogP contribution in [0.15, 0.2) is 24.5 Å². The second kappa shape index (κ2) is 8.51. The van der Waals surface area contributed by atoms with Crippen molar-refractivity contribution in [1.29, 1.82) is 5.26 Å². The molecule has 0 aliphatic heterocycles. The molecule has 0 spiro atoms. The normalized spacial score (nSPS) is 8.86. The predicted octanol–water partition coefficient (Wildman–Crippen LogP) is 1.91. The Morgan fingerprint density at radius 2 is 1.57 bits per heavy atom. The van der Waals surface area contributed by atoms with E-state index >= 15 is 0 Å². The Morgan fingerprint density at radius 3 is 2.00 bits per heavy atom. The summed E-state index contributed by atoms with van der Waals surface area (Å²) in [6, 6.07) is 5.51. The molecule has 0 aliphatic carbocycles. The van der Waals surface area contributed by atoms with Crippen molar-refractivity contribution in [3.8, 4) is 6.07 Å². The van der Waals surface area contributed by atoms with E-state index in [0.29, 0.717) is 23.7 Å². The summed E-state index contributed by atoms with van der Waals surface area (Å²) in [7, 11) is 0. The van der Waals surface area contributed by atoms with Crippen molar-refractivity contribution in [2.24, 2.45) is 5.73 Å². The van der Waals surface area contributed by atoms with E-state index in [1.807, 2.05) is 26.0 Å². The van der Waals surface area contributed by atoms with Gasteiger partial charge in [0.05, 0.1) is 5.56 Å². The lowest BCUT2D eigenvalue weighted by atomic mass is 10.1. The van der Waals surface area contributed by atoms with Crippen molar-refractivity contribution in [3.05, 3.63) is 46.8 Å². The average Bonchev–Trinajstić information content (AvgIpc) is 2.40. The molecule has 112 valence electrons. The molecule has 0 fully saturated rings. The molecule has 6 nitrogen and oxygen atoms in total. The van der Waals surface area contributed by atoms with Crippen molar-refractivity contribution >= 4 is 11.6 Å². The summed E-state index contributed by atoms with van der Waals surface area (Å²) < 4.78 is 0. The maximum absolute atomic E-state index is 8.48. The zero-order valence-electron chi connectivity index (χ0n) is 11.6. The molecular weight excluding hydrogens is 264 g/mol. The van der Waals surface area contributed by atoms with Crippen LogP contribution in [0.2, 0.25) is 0 Å². The Balaban J connectivity index is 0.000000364. The van der Waals surface area contributed by atoms with Gasteiger partial charge in [-0.25, -0.2) is 9.97 Å². The zero-order valence-corrected chi connectivity index (χ0v) is 11.6. The summed E-state index contributed by atoms with van der Waals surface area (Å²) in [5.41, 5.74) is 19.8. The highest BCUT2D eigenvalue weighted by Gasteiger charge is 1.96. The molecule has 0 atom stereocenters. The summed E-state index contributed by atoms with van der Waals surface area (Å²) in [4.78, 5) is 7.67. The van der Waals surface area contributed by atoms with Crippen LogP contribution >= 0.6 is 0 Å². The second-order valence-corrected chi connectivity index (χ2v) is 4.28.